The van der Waals surface area contributed by atoms with Crippen LogP contribution in [0.5, 0.6) is 0 Å². The van der Waals surface area contributed by atoms with Crippen LogP contribution in [0, 0.1) is 0 Å². The van der Waals surface area contributed by atoms with Gasteiger partial charge in [0.15, 0.2) is 0 Å². The van der Waals surface area contributed by atoms with Gasteiger partial charge in [0.05, 0.1) is 17.7 Å². The van der Waals surface area contributed by atoms with Crippen molar-refractivity contribution in [1.82, 2.24) is 4.57 Å². The van der Waals surface area contributed by atoms with Crippen LogP contribution < -0.4 is 0 Å². The van der Waals surface area contributed by atoms with Crippen LogP contribution in [0.2, 0.25) is 5.02 Å². The molecule has 3 aromatic carbocycles. The average molecular weight is 392 g/mol. The van der Waals surface area contributed by atoms with Crippen molar-refractivity contribution in [3.05, 3.63) is 71.2 Å². The van der Waals surface area contributed by atoms with E-state index in [-0.39, 0.29) is 5.97 Å². The molecule has 0 aliphatic carbocycles. The second kappa shape index (κ2) is 7.69. The number of aryl methyl sites for hydroxylation is 1. The Balaban J connectivity index is 1.98. The molecule has 4 heteroatoms. The molecule has 0 atom stereocenters. The molecule has 4 aromatic rings. The molecule has 0 saturated carbocycles. The monoisotopic (exact) mass is 391 g/mol. The van der Waals surface area contributed by atoms with Crippen LogP contribution in [0.1, 0.15) is 30.1 Å². The normalized spacial score (nSPS) is 11.2. The summed E-state index contributed by atoms with van der Waals surface area (Å²) < 4.78 is 7.60. The Morgan fingerprint density at radius 3 is 2.54 bits per heavy atom. The van der Waals surface area contributed by atoms with Gasteiger partial charge in [-0.15, -0.1) is 0 Å². The summed E-state index contributed by atoms with van der Waals surface area (Å²) in [5.74, 6) is -0.271. The molecule has 0 aliphatic heterocycles. The van der Waals surface area contributed by atoms with E-state index in [2.05, 4.69) is 23.6 Å². The summed E-state index contributed by atoms with van der Waals surface area (Å²) in [4.78, 5) is 12.8. The highest BCUT2D eigenvalue weighted by molar-refractivity contribution is 6.30. The Labute approximate surface area is 169 Å². The summed E-state index contributed by atoms with van der Waals surface area (Å²) in [6, 6.07) is 19.9. The van der Waals surface area contributed by atoms with Crippen LogP contribution in [0.4, 0.5) is 0 Å². The minimum Gasteiger partial charge on any atom is -0.462 e. The van der Waals surface area contributed by atoms with Crippen molar-refractivity contribution in [1.29, 1.82) is 0 Å². The van der Waals surface area contributed by atoms with E-state index in [4.69, 9.17) is 16.3 Å². The van der Waals surface area contributed by atoms with Gasteiger partial charge in [0.2, 0.25) is 0 Å². The van der Waals surface area contributed by atoms with Gasteiger partial charge in [0.25, 0.3) is 0 Å². The highest BCUT2D eigenvalue weighted by Crippen LogP contribution is 2.38. The van der Waals surface area contributed by atoms with Crippen molar-refractivity contribution < 1.29 is 9.53 Å². The first kappa shape index (κ1) is 18.6. The Hall–Kier alpha value is -2.78. The topological polar surface area (TPSA) is 31.2 Å². The number of fused-ring (bicyclic) bond motifs is 3. The third kappa shape index (κ3) is 3.16. The Bertz CT molecular complexity index is 1160. The lowest BCUT2D eigenvalue weighted by molar-refractivity contribution is 0.0501. The lowest BCUT2D eigenvalue weighted by Gasteiger charge is -2.11. The van der Waals surface area contributed by atoms with E-state index in [1.807, 2.05) is 55.6 Å². The van der Waals surface area contributed by atoms with Crippen molar-refractivity contribution in [2.45, 2.75) is 19.8 Å². The van der Waals surface area contributed by atoms with Crippen molar-refractivity contribution in [3.63, 3.8) is 0 Å². The number of hydrogen-bond acceptors (Lipinski definition) is 2. The molecule has 0 radical (unpaired) electrons. The highest BCUT2D eigenvalue weighted by Gasteiger charge is 2.20. The molecule has 0 spiro atoms. The van der Waals surface area contributed by atoms with E-state index >= 15 is 0 Å². The third-order valence-electron chi connectivity index (χ3n) is 5.15. The molecule has 0 fully saturated rings. The van der Waals surface area contributed by atoms with Crippen LogP contribution in [-0.4, -0.2) is 17.1 Å². The molecule has 0 bridgehead atoms. The number of esters is 1. The quantitative estimate of drug-likeness (QED) is 0.283. The maximum atomic E-state index is 12.8. The minimum absolute atomic E-state index is 0.271. The number of carbonyl (C=O) groups excluding carboxylic acids is 1. The minimum atomic E-state index is -0.271. The smallest absolute Gasteiger partial charge is 0.340 e. The van der Waals surface area contributed by atoms with E-state index in [0.29, 0.717) is 17.2 Å². The number of ether oxygens (including phenoxy) is 1. The fourth-order valence-electron chi connectivity index (χ4n) is 3.73. The number of carbonyl (C=O) groups is 1. The first-order valence-corrected chi connectivity index (χ1v) is 9.92. The molecule has 1 aromatic heterocycles. The second-order valence-electron chi connectivity index (χ2n) is 6.96. The number of unbranched alkanes of at least 4 members (excludes halogenated alkanes) is 1. The molecule has 0 N–H and O–H groups in total. The molecule has 0 unspecified atom stereocenters. The highest BCUT2D eigenvalue weighted by atomic mass is 35.5. The summed E-state index contributed by atoms with van der Waals surface area (Å²) in [6.07, 6.45) is 1.86. The van der Waals surface area contributed by atoms with Gasteiger partial charge in [-0.05, 0) is 41.8 Å². The average Bonchev–Trinajstić information content (AvgIpc) is 3.02. The standard InChI is InChI=1S/C24H22ClNO2/c1-3-4-15-28-24(27)20-14-13-18(16-9-11-17(25)12-10-16)22-19-7-5-6-8-21(19)26(2)23(20)22/h5-14H,3-4,15H2,1-2H3. The Morgan fingerprint density at radius 1 is 1.04 bits per heavy atom. The maximum Gasteiger partial charge on any atom is 0.340 e. The molecule has 4 rings (SSSR count). The Kier molecular flexibility index (Phi) is 5.10. The summed E-state index contributed by atoms with van der Waals surface area (Å²) in [5.41, 5.74) is 4.73. The van der Waals surface area contributed by atoms with Crippen molar-refractivity contribution in [2.75, 3.05) is 6.61 Å². The molecule has 28 heavy (non-hydrogen) atoms. The maximum absolute atomic E-state index is 12.8. The lowest BCUT2D eigenvalue weighted by Crippen LogP contribution is -2.08. The molecule has 1 heterocycles. The van der Waals surface area contributed by atoms with Gasteiger partial charge in [0.1, 0.15) is 0 Å². The van der Waals surface area contributed by atoms with Crippen LogP contribution >= 0.6 is 11.6 Å². The summed E-state index contributed by atoms with van der Waals surface area (Å²) in [6.45, 7) is 2.52. The van der Waals surface area contributed by atoms with Crippen molar-refractivity contribution in [3.8, 4) is 11.1 Å². The van der Waals surface area contributed by atoms with Gasteiger partial charge >= 0.3 is 5.97 Å². The van der Waals surface area contributed by atoms with Gasteiger partial charge in [-0.3, -0.25) is 0 Å². The van der Waals surface area contributed by atoms with E-state index in [1.165, 1.54) is 0 Å². The molecular formula is C24H22ClNO2. The van der Waals surface area contributed by atoms with Crippen molar-refractivity contribution >= 4 is 39.4 Å². The van der Waals surface area contributed by atoms with Crippen LogP contribution in [0.25, 0.3) is 32.9 Å². The fraction of sp³-hybridized carbons (Fsp3) is 0.208. The van der Waals surface area contributed by atoms with Crippen LogP contribution in [0.15, 0.2) is 60.7 Å². The lowest BCUT2D eigenvalue weighted by atomic mass is 9.97. The van der Waals surface area contributed by atoms with Crippen LogP contribution in [0.3, 0.4) is 0 Å². The molecule has 142 valence electrons. The van der Waals surface area contributed by atoms with E-state index in [0.717, 1.165) is 45.8 Å². The number of para-hydroxylation sites is 1. The molecule has 0 saturated heterocycles. The molecule has 0 amide bonds. The van der Waals surface area contributed by atoms with Crippen LogP contribution in [-0.2, 0) is 11.8 Å². The molecular weight excluding hydrogens is 370 g/mol. The number of nitrogens with zero attached hydrogens (tertiary/aromatic N) is 1. The number of rotatable bonds is 5. The number of benzene rings is 3. The second-order valence-corrected chi connectivity index (χ2v) is 7.39. The largest absolute Gasteiger partial charge is 0.462 e. The SMILES string of the molecule is CCCCOC(=O)c1ccc(-c2ccc(Cl)cc2)c2c3ccccc3n(C)c12. The number of aromatic nitrogens is 1. The summed E-state index contributed by atoms with van der Waals surface area (Å²) >= 11 is 6.08. The summed E-state index contributed by atoms with van der Waals surface area (Å²) in [5, 5.41) is 2.88. The first-order chi connectivity index (χ1) is 13.6. The van der Waals surface area contributed by atoms with Gasteiger partial charge in [-0.25, -0.2) is 4.79 Å². The van der Waals surface area contributed by atoms with E-state index < -0.39 is 0 Å². The number of hydrogen-bond donors (Lipinski definition) is 0. The van der Waals surface area contributed by atoms with Crippen molar-refractivity contribution in [2.24, 2.45) is 7.05 Å². The van der Waals surface area contributed by atoms with Gasteiger partial charge < -0.3 is 9.30 Å². The fourth-order valence-corrected chi connectivity index (χ4v) is 3.86. The van der Waals surface area contributed by atoms with Gasteiger partial charge in [-0.2, -0.15) is 0 Å². The first-order valence-electron chi connectivity index (χ1n) is 9.55. The Morgan fingerprint density at radius 2 is 1.79 bits per heavy atom. The number of halogens is 1. The molecule has 3 nitrogen and oxygen atoms in total. The predicted molar refractivity (Wildman–Crippen MR) is 116 cm³/mol. The van der Waals surface area contributed by atoms with Gasteiger partial charge in [0, 0.05) is 28.4 Å². The van der Waals surface area contributed by atoms with E-state index in [1.54, 1.807) is 0 Å². The van der Waals surface area contributed by atoms with E-state index in [9.17, 15) is 4.79 Å². The predicted octanol–water partition coefficient (Wildman–Crippen LogP) is 6.61. The summed E-state index contributed by atoms with van der Waals surface area (Å²) in [7, 11) is 2.00. The molecule has 0 aliphatic rings. The zero-order valence-electron chi connectivity index (χ0n) is 16.0. The van der Waals surface area contributed by atoms with Gasteiger partial charge in [-0.1, -0.05) is 61.3 Å². The third-order valence-corrected chi connectivity index (χ3v) is 5.41. The zero-order valence-corrected chi connectivity index (χ0v) is 16.8. The zero-order chi connectivity index (χ0) is 19.7.